The van der Waals surface area contributed by atoms with E-state index in [1.807, 2.05) is 0 Å². The van der Waals surface area contributed by atoms with Crippen LogP contribution in [-0.2, 0) is 4.79 Å². The Morgan fingerprint density at radius 1 is 1.32 bits per heavy atom. The van der Waals surface area contributed by atoms with Crippen LogP contribution in [0.1, 0.15) is 5.56 Å². The van der Waals surface area contributed by atoms with Gasteiger partial charge in [0.1, 0.15) is 11.6 Å². The van der Waals surface area contributed by atoms with Gasteiger partial charge in [-0.05, 0) is 29.8 Å². The van der Waals surface area contributed by atoms with Crippen molar-refractivity contribution < 1.29 is 9.72 Å². The van der Waals surface area contributed by atoms with Crippen molar-refractivity contribution in [3.05, 3.63) is 70.0 Å². The van der Waals surface area contributed by atoms with E-state index in [-0.39, 0.29) is 16.9 Å². The Kier molecular flexibility index (Phi) is 4.57. The summed E-state index contributed by atoms with van der Waals surface area (Å²) in [4.78, 5) is 26.0. The number of carbonyl (C=O) groups is 1. The lowest BCUT2D eigenvalue weighted by Crippen LogP contribution is -2.13. The van der Waals surface area contributed by atoms with Crippen molar-refractivity contribution in [3.63, 3.8) is 0 Å². The van der Waals surface area contributed by atoms with Gasteiger partial charge in [-0.2, -0.15) is 5.26 Å². The van der Waals surface area contributed by atoms with Crippen LogP contribution in [0, 0.1) is 21.4 Å². The zero-order valence-electron chi connectivity index (χ0n) is 11.3. The highest BCUT2D eigenvalue weighted by Crippen LogP contribution is 2.18. The summed E-state index contributed by atoms with van der Waals surface area (Å²) in [7, 11) is 0. The lowest BCUT2D eigenvalue weighted by molar-refractivity contribution is -0.384. The van der Waals surface area contributed by atoms with E-state index in [9.17, 15) is 14.9 Å². The molecule has 1 amide bonds. The van der Waals surface area contributed by atoms with Crippen LogP contribution in [0.25, 0.3) is 6.08 Å². The van der Waals surface area contributed by atoms with E-state index in [2.05, 4.69) is 10.3 Å². The van der Waals surface area contributed by atoms with Crippen molar-refractivity contribution in [2.24, 2.45) is 0 Å². The zero-order chi connectivity index (χ0) is 15.9. The van der Waals surface area contributed by atoms with Crippen LogP contribution in [0.5, 0.6) is 0 Å². The third kappa shape index (κ3) is 3.74. The Morgan fingerprint density at radius 3 is 2.68 bits per heavy atom. The molecule has 0 aliphatic carbocycles. The highest BCUT2D eigenvalue weighted by Gasteiger charge is 2.12. The largest absolute Gasteiger partial charge is 0.321 e. The summed E-state index contributed by atoms with van der Waals surface area (Å²) in [6.45, 7) is 0. The number of hydrogen-bond donors (Lipinski definition) is 1. The fraction of sp³-hybridized carbons (Fsp3) is 0. The topological polar surface area (TPSA) is 109 Å². The highest BCUT2D eigenvalue weighted by molar-refractivity contribution is 6.09. The van der Waals surface area contributed by atoms with Gasteiger partial charge in [-0.15, -0.1) is 0 Å². The second kappa shape index (κ2) is 6.76. The van der Waals surface area contributed by atoms with Crippen LogP contribution in [0.15, 0.2) is 54.4 Å². The number of nitrogens with one attached hydrogen (secondary N) is 1. The molecule has 1 heterocycles. The minimum Gasteiger partial charge on any atom is -0.321 e. The van der Waals surface area contributed by atoms with E-state index in [0.717, 1.165) is 0 Å². The number of rotatable bonds is 4. The maximum atomic E-state index is 12.0. The Hall–Kier alpha value is -3.53. The first-order valence-corrected chi connectivity index (χ1v) is 6.18. The molecule has 0 aliphatic rings. The van der Waals surface area contributed by atoms with Gasteiger partial charge >= 0.3 is 0 Å². The van der Waals surface area contributed by atoms with Crippen molar-refractivity contribution in [1.82, 2.24) is 4.98 Å². The van der Waals surface area contributed by atoms with Crippen molar-refractivity contribution in [2.45, 2.75) is 0 Å². The van der Waals surface area contributed by atoms with Gasteiger partial charge in [0.15, 0.2) is 0 Å². The van der Waals surface area contributed by atoms with Gasteiger partial charge in [0, 0.05) is 30.2 Å². The zero-order valence-corrected chi connectivity index (χ0v) is 11.3. The normalized spacial score (nSPS) is 10.6. The predicted molar refractivity (Wildman–Crippen MR) is 79.6 cm³/mol. The van der Waals surface area contributed by atoms with Crippen LogP contribution >= 0.6 is 0 Å². The molecule has 2 aromatic rings. The molecule has 0 fully saturated rings. The first-order valence-electron chi connectivity index (χ1n) is 6.18. The van der Waals surface area contributed by atoms with Gasteiger partial charge < -0.3 is 5.32 Å². The summed E-state index contributed by atoms with van der Waals surface area (Å²) in [5, 5.41) is 22.2. The molecule has 0 aliphatic heterocycles. The van der Waals surface area contributed by atoms with Gasteiger partial charge in [0.2, 0.25) is 0 Å². The third-order valence-electron chi connectivity index (χ3n) is 2.70. The third-order valence-corrected chi connectivity index (χ3v) is 2.70. The average molecular weight is 294 g/mol. The molecule has 22 heavy (non-hydrogen) atoms. The number of non-ortho nitro benzene ring substituents is 1. The Labute approximate surface area is 125 Å². The predicted octanol–water partition coefficient (Wildman–Crippen LogP) is 2.54. The lowest BCUT2D eigenvalue weighted by atomic mass is 10.1. The second-order valence-corrected chi connectivity index (χ2v) is 4.21. The summed E-state index contributed by atoms with van der Waals surface area (Å²) in [6, 6.07) is 10.6. The van der Waals surface area contributed by atoms with Gasteiger partial charge in [0.05, 0.1) is 4.92 Å². The Morgan fingerprint density at radius 2 is 2.05 bits per heavy atom. The summed E-state index contributed by atoms with van der Waals surface area (Å²) < 4.78 is 0. The monoisotopic (exact) mass is 294 g/mol. The molecule has 7 heteroatoms. The first kappa shape index (κ1) is 14.9. The van der Waals surface area contributed by atoms with Gasteiger partial charge in [-0.25, -0.2) is 0 Å². The number of benzene rings is 1. The van der Waals surface area contributed by atoms with Gasteiger partial charge in [-0.3, -0.25) is 19.9 Å². The van der Waals surface area contributed by atoms with E-state index in [1.165, 1.54) is 30.3 Å². The van der Waals surface area contributed by atoms with E-state index < -0.39 is 10.8 Å². The first-order chi connectivity index (χ1) is 10.6. The van der Waals surface area contributed by atoms with E-state index >= 15 is 0 Å². The van der Waals surface area contributed by atoms with Crippen LogP contribution in [0.3, 0.4) is 0 Å². The van der Waals surface area contributed by atoms with Crippen molar-refractivity contribution in [3.8, 4) is 6.07 Å². The van der Waals surface area contributed by atoms with Crippen LogP contribution in [0.4, 0.5) is 11.4 Å². The average Bonchev–Trinajstić information content (AvgIpc) is 2.53. The van der Waals surface area contributed by atoms with Gasteiger partial charge in [-0.1, -0.05) is 6.07 Å². The van der Waals surface area contributed by atoms with Gasteiger partial charge in [0.25, 0.3) is 11.6 Å². The summed E-state index contributed by atoms with van der Waals surface area (Å²) in [5.41, 5.74) is 0.642. The molecule has 108 valence electrons. The minimum atomic E-state index is -0.639. The minimum absolute atomic E-state index is 0.113. The molecule has 0 atom stereocenters. The maximum absolute atomic E-state index is 12.0. The van der Waals surface area contributed by atoms with Crippen LogP contribution in [-0.4, -0.2) is 15.8 Å². The number of nitriles is 1. The fourth-order valence-corrected chi connectivity index (χ4v) is 1.67. The number of anilines is 1. The number of aromatic nitrogens is 1. The second-order valence-electron chi connectivity index (χ2n) is 4.21. The maximum Gasteiger partial charge on any atom is 0.271 e. The molecule has 0 saturated heterocycles. The van der Waals surface area contributed by atoms with E-state index in [1.54, 1.807) is 30.6 Å². The molecular formula is C15H10N4O3. The highest BCUT2D eigenvalue weighted by atomic mass is 16.6. The molecule has 1 aromatic heterocycles. The van der Waals surface area contributed by atoms with Crippen LogP contribution in [0.2, 0.25) is 0 Å². The Bertz CT molecular complexity index is 779. The molecule has 0 saturated carbocycles. The number of hydrogen-bond acceptors (Lipinski definition) is 5. The number of nitro groups is 1. The fourth-order valence-electron chi connectivity index (χ4n) is 1.67. The van der Waals surface area contributed by atoms with Crippen molar-refractivity contribution in [1.29, 1.82) is 5.26 Å². The standard InChI is InChI=1S/C15H10N4O3/c16-10-12(8-11-4-6-17-7-5-11)15(20)18-13-2-1-3-14(9-13)19(21)22/h1-9H,(H,18,20)/b12-8+. The molecule has 0 radical (unpaired) electrons. The number of pyridine rings is 1. The molecule has 7 nitrogen and oxygen atoms in total. The quantitative estimate of drug-likeness (QED) is 0.403. The van der Waals surface area contributed by atoms with E-state index in [0.29, 0.717) is 5.56 Å². The smallest absolute Gasteiger partial charge is 0.271 e. The SMILES string of the molecule is N#C/C(=C\c1ccncc1)C(=O)Nc1cccc([N+](=O)[O-])c1. The number of nitro benzene ring substituents is 1. The number of amides is 1. The summed E-state index contributed by atoms with van der Waals surface area (Å²) in [6.07, 6.45) is 4.49. The van der Waals surface area contributed by atoms with Crippen molar-refractivity contribution >= 4 is 23.4 Å². The molecule has 1 N–H and O–H groups in total. The molecule has 0 spiro atoms. The number of nitrogens with zero attached hydrogens (tertiary/aromatic N) is 3. The molecular weight excluding hydrogens is 284 g/mol. The summed E-state index contributed by atoms with van der Waals surface area (Å²) in [5.74, 6) is -0.639. The summed E-state index contributed by atoms with van der Waals surface area (Å²) >= 11 is 0. The van der Waals surface area contributed by atoms with E-state index in [4.69, 9.17) is 5.26 Å². The lowest BCUT2D eigenvalue weighted by Gasteiger charge is -2.04. The molecule has 0 bridgehead atoms. The van der Waals surface area contributed by atoms with Crippen LogP contribution < -0.4 is 5.32 Å². The Balaban J connectivity index is 2.20. The molecule has 2 rings (SSSR count). The van der Waals surface area contributed by atoms with Crippen molar-refractivity contribution in [2.75, 3.05) is 5.32 Å². The molecule has 0 unspecified atom stereocenters. The molecule has 1 aromatic carbocycles. The number of carbonyl (C=O) groups excluding carboxylic acids is 1.